The van der Waals surface area contributed by atoms with E-state index in [0.717, 1.165) is 0 Å². The van der Waals surface area contributed by atoms with Crippen LogP contribution < -0.4 is 5.73 Å². The Kier molecular flexibility index (Phi) is 3.68. The predicted octanol–water partition coefficient (Wildman–Crippen LogP) is -0.439. The molecular weight excluding hydrogens is 196 g/mol. The van der Waals surface area contributed by atoms with E-state index in [4.69, 9.17) is 10.5 Å². The predicted molar refractivity (Wildman–Crippen MR) is 54.7 cm³/mol. The van der Waals surface area contributed by atoms with E-state index in [9.17, 15) is 9.59 Å². The molecule has 1 fully saturated rings. The molecule has 0 aromatic rings. The summed E-state index contributed by atoms with van der Waals surface area (Å²) in [7, 11) is 0. The second-order valence-corrected chi connectivity index (χ2v) is 4.17. The van der Waals surface area contributed by atoms with Crippen molar-refractivity contribution in [1.29, 1.82) is 0 Å². The minimum absolute atomic E-state index is 0.151. The molecule has 2 amide bonds. The number of carbonyl (C=O) groups excluding carboxylic acids is 2. The zero-order valence-corrected chi connectivity index (χ0v) is 9.16. The summed E-state index contributed by atoms with van der Waals surface area (Å²) < 4.78 is 5.13. The minimum Gasteiger partial charge on any atom is -0.378 e. The van der Waals surface area contributed by atoms with Crippen LogP contribution in [0, 0.1) is 11.8 Å². The number of amides is 2. The van der Waals surface area contributed by atoms with Gasteiger partial charge in [-0.05, 0) is 0 Å². The van der Waals surface area contributed by atoms with E-state index >= 15 is 0 Å². The molecule has 1 aliphatic rings. The highest BCUT2D eigenvalue weighted by molar-refractivity contribution is 5.94. The number of rotatable bonds is 3. The summed E-state index contributed by atoms with van der Waals surface area (Å²) in [5.74, 6) is -0.647. The number of morpholine rings is 1. The molecule has 0 aliphatic carbocycles. The largest absolute Gasteiger partial charge is 0.378 e. The highest BCUT2D eigenvalue weighted by Gasteiger charge is 2.31. The summed E-state index contributed by atoms with van der Waals surface area (Å²) >= 11 is 0. The van der Waals surface area contributed by atoms with E-state index in [1.165, 1.54) is 6.42 Å². The van der Waals surface area contributed by atoms with Crippen LogP contribution in [0.3, 0.4) is 0 Å². The molecule has 0 saturated carbocycles. The number of primary amides is 1. The smallest absolute Gasteiger partial charge is 0.227 e. The van der Waals surface area contributed by atoms with E-state index in [1.54, 1.807) is 18.7 Å². The number of carbonyl (C=O) groups is 2. The lowest BCUT2D eigenvalue weighted by molar-refractivity contribution is -0.135. The first kappa shape index (κ1) is 12.0. The zero-order valence-electron chi connectivity index (χ0n) is 9.16. The Morgan fingerprint density at radius 3 is 2.33 bits per heavy atom. The molecule has 0 bridgehead atoms. The normalized spacial score (nSPS) is 17.6. The molecule has 5 nitrogen and oxygen atoms in total. The van der Waals surface area contributed by atoms with Crippen molar-refractivity contribution in [2.75, 3.05) is 26.3 Å². The van der Waals surface area contributed by atoms with Crippen molar-refractivity contribution in [3.05, 3.63) is 6.42 Å². The Morgan fingerprint density at radius 1 is 1.33 bits per heavy atom. The molecule has 0 aromatic heterocycles. The highest BCUT2D eigenvalue weighted by Crippen LogP contribution is 2.19. The summed E-state index contributed by atoms with van der Waals surface area (Å²) in [4.78, 5) is 24.4. The van der Waals surface area contributed by atoms with Gasteiger partial charge >= 0.3 is 0 Å². The summed E-state index contributed by atoms with van der Waals surface area (Å²) in [6.45, 7) is 5.52. The van der Waals surface area contributed by atoms with Crippen LogP contribution in [0.25, 0.3) is 0 Å². The van der Waals surface area contributed by atoms with Crippen LogP contribution in [-0.4, -0.2) is 43.0 Å². The zero-order chi connectivity index (χ0) is 11.5. The Morgan fingerprint density at radius 2 is 1.87 bits per heavy atom. The van der Waals surface area contributed by atoms with E-state index in [0.29, 0.717) is 26.3 Å². The molecule has 15 heavy (non-hydrogen) atoms. The summed E-state index contributed by atoms with van der Waals surface area (Å²) in [5.41, 5.74) is 4.29. The molecule has 0 atom stereocenters. The molecule has 2 N–H and O–H groups in total. The lowest BCUT2D eigenvalue weighted by Crippen LogP contribution is -2.44. The van der Waals surface area contributed by atoms with E-state index in [1.807, 2.05) is 0 Å². The molecule has 0 aromatic carbocycles. The van der Waals surface area contributed by atoms with Gasteiger partial charge in [0.2, 0.25) is 11.8 Å². The lowest BCUT2D eigenvalue weighted by atomic mass is 9.88. The minimum atomic E-state index is -0.893. The molecule has 1 radical (unpaired) electrons. The number of nitrogens with zero attached hydrogens (tertiary/aromatic N) is 1. The first-order valence-electron chi connectivity index (χ1n) is 4.96. The Balaban J connectivity index is 2.50. The summed E-state index contributed by atoms with van der Waals surface area (Å²) in [5, 5.41) is 0. The van der Waals surface area contributed by atoms with Gasteiger partial charge in [-0.15, -0.1) is 0 Å². The molecule has 1 aliphatic heterocycles. The molecule has 1 saturated heterocycles. The van der Waals surface area contributed by atoms with Crippen molar-refractivity contribution in [2.24, 2.45) is 11.1 Å². The standard InChI is InChI=1S/C10H17N2O3/c1-10(2,9(11)14)7-8(13)12-3-5-15-6-4-12/h7H,3-6H2,1-2H3,(H2,11,14). The molecule has 1 rings (SSSR count). The van der Waals surface area contributed by atoms with Gasteiger partial charge in [0.15, 0.2) is 0 Å². The average molecular weight is 213 g/mol. The second kappa shape index (κ2) is 4.61. The number of hydrogen-bond donors (Lipinski definition) is 1. The summed E-state index contributed by atoms with van der Waals surface area (Å²) in [6.07, 6.45) is 1.38. The van der Waals surface area contributed by atoms with Crippen molar-refractivity contribution in [3.8, 4) is 0 Å². The van der Waals surface area contributed by atoms with Crippen molar-refractivity contribution >= 4 is 11.8 Å². The molecule has 85 valence electrons. The maximum absolute atomic E-state index is 11.7. The fraction of sp³-hybridized carbons (Fsp3) is 0.700. The Hall–Kier alpha value is -1.10. The number of hydrogen-bond acceptors (Lipinski definition) is 3. The third kappa shape index (κ3) is 3.20. The van der Waals surface area contributed by atoms with Crippen LogP contribution in [-0.2, 0) is 14.3 Å². The van der Waals surface area contributed by atoms with Gasteiger partial charge in [0, 0.05) is 13.1 Å². The van der Waals surface area contributed by atoms with Crippen LogP contribution in [0.5, 0.6) is 0 Å². The van der Waals surface area contributed by atoms with Crippen molar-refractivity contribution in [3.63, 3.8) is 0 Å². The number of ether oxygens (including phenoxy) is 1. The third-order valence-electron chi connectivity index (χ3n) is 2.44. The SMILES string of the molecule is CC(C)([CH]C(=O)N1CCOCC1)C(N)=O. The maximum Gasteiger partial charge on any atom is 0.227 e. The van der Waals surface area contributed by atoms with Gasteiger partial charge in [-0.25, -0.2) is 0 Å². The summed E-state index contributed by atoms with van der Waals surface area (Å²) in [6, 6.07) is 0. The topological polar surface area (TPSA) is 72.6 Å². The lowest BCUT2D eigenvalue weighted by Gasteiger charge is -2.29. The molecule has 0 spiro atoms. The van der Waals surface area contributed by atoms with Gasteiger partial charge in [-0.3, -0.25) is 9.59 Å². The quantitative estimate of drug-likeness (QED) is 0.690. The molecule has 1 heterocycles. The van der Waals surface area contributed by atoms with Gasteiger partial charge in [0.05, 0.1) is 25.0 Å². The maximum atomic E-state index is 11.7. The van der Waals surface area contributed by atoms with Crippen LogP contribution in [0.2, 0.25) is 0 Å². The Bertz CT molecular complexity index is 257. The molecule has 0 unspecified atom stereocenters. The third-order valence-corrected chi connectivity index (χ3v) is 2.44. The van der Waals surface area contributed by atoms with Crippen LogP contribution >= 0.6 is 0 Å². The van der Waals surface area contributed by atoms with Gasteiger partial charge in [-0.2, -0.15) is 0 Å². The van der Waals surface area contributed by atoms with Gasteiger partial charge < -0.3 is 15.4 Å². The van der Waals surface area contributed by atoms with Gasteiger partial charge in [0.25, 0.3) is 0 Å². The van der Waals surface area contributed by atoms with Crippen LogP contribution in [0.1, 0.15) is 13.8 Å². The first-order valence-corrected chi connectivity index (χ1v) is 4.96. The van der Waals surface area contributed by atoms with Gasteiger partial charge in [0.1, 0.15) is 0 Å². The van der Waals surface area contributed by atoms with Crippen LogP contribution in [0.4, 0.5) is 0 Å². The average Bonchev–Trinajstić information content (AvgIpc) is 2.18. The fourth-order valence-corrected chi connectivity index (χ4v) is 1.25. The van der Waals surface area contributed by atoms with Crippen LogP contribution in [0.15, 0.2) is 0 Å². The molecular formula is C10H17N2O3. The highest BCUT2D eigenvalue weighted by atomic mass is 16.5. The first-order chi connectivity index (χ1) is 6.93. The second-order valence-electron chi connectivity index (χ2n) is 4.17. The molecule has 5 heteroatoms. The van der Waals surface area contributed by atoms with Crippen molar-refractivity contribution in [1.82, 2.24) is 4.90 Å². The van der Waals surface area contributed by atoms with E-state index in [-0.39, 0.29) is 5.91 Å². The Labute approximate surface area is 89.6 Å². The van der Waals surface area contributed by atoms with Crippen molar-refractivity contribution in [2.45, 2.75) is 13.8 Å². The van der Waals surface area contributed by atoms with E-state index in [2.05, 4.69) is 0 Å². The van der Waals surface area contributed by atoms with Gasteiger partial charge in [-0.1, -0.05) is 13.8 Å². The fourth-order valence-electron chi connectivity index (χ4n) is 1.25. The monoisotopic (exact) mass is 213 g/mol. The van der Waals surface area contributed by atoms with E-state index < -0.39 is 11.3 Å². The van der Waals surface area contributed by atoms with Crippen molar-refractivity contribution < 1.29 is 14.3 Å². The number of nitrogens with two attached hydrogens (primary N) is 1.